The molecule has 4 rings (SSSR count). The minimum absolute atomic E-state index is 0.0397. The molecular weight excluding hydrogens is 388 g/mol. The minimum Gasteiger partial charge on any atom is -0.494 e. The number of carbonyl (C=O) groups is 1. The fourth-order valence-corrected chi connectivity index (χ4v) is 4.30. The van der Waals surface area contributed by atoms with Crippen LogP contribution in [0.3, 0.4) is 0 Å². The number of benzene rings is 2. The van der Waals surface area contributed by atoms with E-state index in [-0.39, 0.29) is 11.4 Å². The highest BCUT2D eigenvalue weighted by atomic mass is 16.5. The maximum absolute atomic E-state index is 13.3. The van der Waals surface area contributed by atoms with E-state index in [0.717, 1.165) is 42.3 Å². The quantitative estimate of drug-likeness (QED) is 0.749. The molecule has 2 aliphatic heterocycles. The van der Waals surface area contributed by atoms with E-state index < -0.39 is 5.54 Å². The van der Waals surface area contributed by atoms with Gasteiger partial charge in [-0.3, -0.25) is 9.79 Å². The van der Waals surface area contributed by atoms with Crippen molar-refractivity contribution in [3.8, 4) is 5.75 Å². The van der Waals surface area contributed by atoms with E-state index in [9.17, 15) is 4.79 Å². The summed E-state index contributed by atoms with van der Waals surface area (Å²) >= 11 is 0. The van der Waals surface area contributed by atoms with Crippen molar-refractivity contribution >= 4 is 23.1 Å². The van der Waals surface area contributed by atoms with Gasteiger partial charge in [0, 0.05) is 12.1 Å². The van der Waals surface area contributed by atoms with Crippen LogP contribution in [0.25, 0.3) is 0 Å². The Kier molecular flexibility index (Phi) is 5.65. The van der Waals surface area contributed by atoms with E-state index >= 15 is 0 Å². The van der Waals surface area contributed by atoms with Gasteiger partial charge in [-0.15, -0.1) is 0 Å². The highest BCUT2D eigenvalue weighted by Gasteiger charge is 2.45. The fourth-order valence-electron chi connectivity index (χ4n) is 4.30. The van der Waals surface area contributed by atoms with Gasteiger partial charge in [-0.05, 0) is 76.9 Å². The van der Waals surface area contributed by atoms with E-state index in [1.54, 1.807) is 0 Å². The Balaban J connectivity index is 1.64. The lowest BCUT2D eigenvalue weighted by molar-refractivity contribution is 0.0694. The molecule has 0 aliphatic carbocycles. The molecule has 6 heteroatoms. The van der Waals surface area contributed by atoms with Gasteiger partial charge in [0.2, 0.25) is 0 Å². The van der Waals surface area contributed by atoms with Crippen molar-refractivity contribution in [1.29, 1.82) is 0 Å². The van der Waals surface area contributed by atoms with Crippen LogP contribution in [0.5, 0.6) is 5.75 Å². The number of ether oxygens (including phenoxy) is 1. The second-order valence-corrected chi connectivity index (χ2v) is 9.30. The van der Waals surface area contributed by atoms with E-state index in [1.807, 2.05) is 48.2 Å². The molecule has 0 bridgehead atoms. The summed E-state index contributed by atoms with van der Waals surface area (Å²) in [5.74, 6) is 1.73. The van der Waals surface area contributed by atoms with Gasteiger partial charge in [-0.1, -0.05) is 12.1 Å². The fraction of sp³-hybridized carbons (Fsp3) is 0.440. The Hall–Kier alpha value is -3.02. The second-order valence-electron chi connectivity index (χ2n) is 9.30. The van der Waals surface area contributed by atoms with Crippen molar-refractivity contribution in [3.05, 3.63) is 54.1 Å². The summed E-state index contributed by atoms with van der Waals surface area (Å²) in [6, 6.07) is 15.6. The zero-order valence-corrected chi connectivity index (χ0v) is 18.9. The van der Waals surface area contributed by atoms with Gasteiger partial charge in [0.25, 0.3) is 5.91 Å². The summed E-state index contributed by atoms with van der Waals surface area (Å²) in [4.78, 5) is 20.3. The van der Waals surface area contributed by atoms with Gasteiger partial charge >= 0.3 is 0 Å². The molecule has 1 saturated heterocycles. The maximum atomic E-state index is 13.3. The number of anilines is 2. The van der Waals surface area contributed by atoms with Gasteiger partial charge in [-0.2, -0.15) is 0 Å². The van der Waals surface area contributed by atoms with Crippen LogP contribution in [0.15, 0.2) is 53.5 Å². The van der Waals surface area contributed by atoms with Crippen LogP contribution in [0, 0.1) is 0 Å². The van der Waals surface area contributed by atoms with Crippen LogP contribution < -0.4 is 15.4 Å². The van der Waals surface area contributed by atoms with Crippen molar-refractivity contribution in [2.24, 2.45) is 4.99 Å². The first-order chi connectivity index (χ1) is 14.8. The van der Waals surface area contributed by atoms with Crippen molar-refractivity contribution in [2.45, 2.75) is 51.6 Å². The number of nitrogens with zero attached hydrogens (tertiary/aromatic N) is 2. The smallest absolute Gasteiger partial charge is 0.253 e. The van der Waals surface area contributed by atoms with E-state index in [1.165, 1.54) is 0 Å². The number of amides is 1. The van der Waals surface area contributed by atoms with Crippen LogP contribution in [-0.2, 0) is 0 Å². The van der Waals surface area contributed by atoms with E-state index in [0.29, 0.717) is 18.7 Å². The third kappa shape index (κ3) is 4.53. The van der Waals surface area contributed by atoms with Gasteiger partial charge in [0.1, 0.15) is 17.1 Å². The summed E-state index contributed by atoms with van der Waals surface area (Å²) in [7, 11) is 0. The van der Waals surface area contributed by atoms with Crippen LogP contribution in [0.2, 0.25) is 0 Å². The third-order valence-corrected chi connectivity index (χ3v) is 5.65. The van der Waals surface area contributed by atoms with Gasteiger partial charge in [0.15, 0.2) is 0 Å². The number of hydrogen-bond acceptors (Lipinski definition) is 4. The highest BCUT2D eigenvalue weighted by molar-refractivity contribution is 6.10. The lowest BCUT2D eigenvalue weighted by Crippen LogP contribution is -2.63. The lowest BCUT2D eigenvalue weighted by atomic mass is 9.84. The molecule has 2 aromatic rings. The molecule has 6 nitrogen and oxygen atoms in total. The molecule has 1 fully saturated rings. The number of hydrogen-bond donors (Lipinski definition) is 2. The number of para-hydroxylation sites is 2. The molecule has 164 valence electrons. The van der Waals surface area contributed by atoms with Crippen molar-refractivity contribution < 1.29 is 9.53 Å². The lowest BCUT2D eigenvalue weighted by Gasteiger charge is -2.48. The van der Waals surface area contributed by atoms with Crippen molar-refractivity contribution in [1.82, 2.24) is 4.90 Å². The first kappa shape index (κ1) is 21.2. The molecule has 2 aromatic carbocycles. The van der Waals surface area contributed by atoms with Gasteiger partial charge in [-0.25, -0.2) is 0 Å². The van der Waals surface area contributed by atoms with Crippen LogP contribution in [-0.4, -0.2) is 47.4 Å². The number of likely N-dealkylation sites (tertiary alicyclic amines) is 1. The SMILES string of the molecule is CCOc1ccc(C(=O)N2CCC[C@@]3(C2)Nc2ccccc2NC3=NC(C)(C)C)cc1. The van der Waals surface area contributed by atoms with Crippen molar-refractivity contribution in [3.63, 3.8) is 0 Å². The first-order valence-corrected chi connectivity index (χ1v) is 11.1. The summed E-state index contributed by atoms with van der Waals surface area (Å²) in [6.07, 6.45) is 1.82. The van der Waals surface area contributed by atoms with Gasteiger partial charge < -0.3 is 20.3 Å². The van der Waals surface area contributed by atoms with Crippen LogP contribution >= 0.6 is 0 Å². The molecule has 0 aromatic heterocycles. The average Bonchev–Trinajstić information content (AvgIpc) is 2.74. The highest BCUT2D eigenvalue weighted by Crippen LogP contribution is 2.37. The number of aliphatic imine (C=N–C) groups is 1. The number of amidine groups is 1. The molecule has 2 aliphatic rings. The summed E-state index contributed by atoms with van der Waals surface area (Å²) in [5.41, 5.74) is 2.08. The molecule has 2 heterocycles. The molecule has 2 N–H and O–H groups in total. The average molecular weight is 421 g/mol. The van der Waals surface area contributed by atoms with Crippen molar-refractivity contribution in [2.75, 3.05) is 30.3 Å². The molecular formula is C25H32N4O2. The summed E-state index contributed by atoms with van der Waals surface area (Å²) in [6.45, 7) is 10.2. The van der Waals surface area contributed by atoms with E-state index in [4.69, 9.17) is 9.73 Å². The minimum atomic E-state index is -0.430. The number of nitrogens with one attached hydrogen (secondary N) is 2. The standard InChI is InChI=1S/C25H32N4O2/c1-5-31-19-13-11-18(12-14-19)22(30)29-16-8-15-25(17-29)23(28-24(2,3)4)26-20-9-6-7-10-21(20)27-25/h6-7,9-14,27H,5,8,15-17H2,1-4H3,(H,26,28)/t25-/m0/s1. The topological polar surface area (TPSA) is 66.0 Å². The maximum Gasteiger partial charge on any atom is 0.253 e. The Morgan fingerprint density at radius 2 is 1.84 bits per heavy atom. The Labute approximate surface area is 184 Å². The predicted octanol–water partition coefficient (Wildman–Crippen LogP) is 4.79. The summed E-state index contributed by atoms with van der Waals surface area (Å²) in [5, 5.41) is 7.31. The van der Waals surface area contributed by atoms with Gasteiger partial charge in [0.05, 0.1) is 30.1 Å². The number of rotatable bonds is 3. The molecule has 0 unspecified atom stereocenters. The number of carbonyl (C=O) groups excluding carboxylic acids is 1. The molecule has 1 spiro atoms. The monoisotopic (exact) mass is 420 g/mol. The zero-order valence-electron chi connectivity index (χ0n) is 18.9. The molecule has 1 amide bonds. The van der Waals surface area contributed by atoms with Crippen LogP contribution in [0.1, 0.15) is 50.9 Å². The predicted molar refractivity (Wildman–Crippen MR) is 126 cm³/mol. The molecule has 0 saturated carbocycles. The second kappa shape index (κ2) is 8.25. The largest absolute Gasteiger partial charge is 0.494 e. The molecule has 0 radical (unpaired) electrons. The Morgan fingerprint density at radius 1 is 1.13 bits per heavy atom. The number of piperidine rings is 1. The molecule has 1 atom stereocenters. The van der Waals surface area contributed by atoms with Crippen LogP contribution in [0.4, 0.5) is 11.4 Å². The summed E-state index contributed by atoms with van der Waals surface area (Å²) < 4.78 is 5.51. The first-order valence-electron chi connectivity index (χ1n) is 11.1. The zero-order chi connectivity index (χ0) is 22.1. The molecule has 31 heavy (non-hydrogen) atoms. The third-order valence-electron chi connectivity index (χ3n) is 5.65. The Morgan fingerprint density at radius 3 is 2.52 bits per heavy atom. The Bertz CT molecular complexity index is 978. The van der Waals surface area contributed by atoms with E-state index in [2.05, 4.69) is 43.5 Å². The normalized spacial score (nSPS) is 21.9. The number of fused-ring (bicyclic) bond motifs is 1.